The van der Waals surface area contributed by atoms with E-state index in [1.54, 1.807) is 0 Å². The molecule has 0 fully saturated rings. The first-order chi connectivity index (χ1) is 6.83. The van der Waals surface area contributed by atoms with Gasteiger partial charge in [0.1, 0.15) is 0 Å². The summed E-state index contributed by atoms with van der Waals surface area (Å²) in [5, 5.41) is 2.52. The molecule has 0 bridgehead atoms. The summed E-state index contributed by atoms with van der Waals surface area (Å²) in [6.45, 7) is 2.77. The van der Waals surface area contributed by atoms with Gasteiger partial charge in [0.15, 0.2) is 0 Å². The van der Waals surface area contributed by atoms with Crippen LogP contribution in [0, 0.1) is 6.92 Å². The van der Waals surface area contributed by atoms with Crippen molar-refractivity contribution < 1.29 is 0 Å². The summed E-state index contributed by atoms with van der Waals surface area (Å²) in [5.41, 5.74) is 7.95. The minimum absolute atomic E-state index is 0.653. The predicted octanol–water partition coefficient (Wildman–Crippen LogP) is 2.04. The fourth-order valence-corrected chi connectivity index (χ4v) is 1.76. The van der Waals surface area contributed by atoms with Gasteiger partial charge >= 0.3 is 0 Å². The topological polar surface area (TPSA) is 38.9 Å². The molecule has 0 aliphatic heterocycles. The summed E-state index contributed by atoms with van der Waals surface area (Å²) < 4.78 is 0. The zero-order chi connectivity index (χ0) is 9.97. The molecule has 1 heterocycles. The number of aryl methyl sites for hydroxylation is 1. The van der Waals surface area contributed by atoms with Gasteiger partial charge in [0.2, 0.25) is 0 Å². The molecule has 2 rings (SSSR count). The van der Waals surface area contributed by atoms with Gasteiger partial charge in [-0.25, -0.2) is 0 Å². The van der Waals surface area contributed by atoms with Gasteiger partial charge in [-0.2, -0.15) is 0 Å². The Labute approximate surface area is 83.8 Å². The van der Waals surface area contributed by atoms with Crippen molar-refractivity contribution in [3.63, 3.8) is 0 Å². The first-order valence-electron chi connectivity index (χ1n) is 4.86. The summed E-state index contributed by atoms with van der Waals surface area (Å²) in [5.74, 6) is 0. The van der Waals surface area contributed by atoms with E-state index >= 15 is 0 Å². The lowest BCUT2D eigenvalue weighted by Gasteiger charge is -2.05. The molecule has 0 amide bonds. The number of fused-ring (bicyclic) bond motifs is 1. The van der Waals surface area contributed by atoms with E-state index < -0.39 is 0 Å². The number of pyridine rings is 1. The Kier molecular flexibility index (Phi) is 2.46. The molecule has 2 heteroatoms. The molecule has 72 valence electrons. The van der Waals surface area contributed by atoms with E-state index in [9.17, 15) is 0 Å². The molecule has 0 aliphatic rings. The van der Waals surface area contributed by atoms with Crippen LogP contribution in [0.3, 0.4) is 0 Å². The Morgan fingerprint density at radius 1 is 1.21 bits per heavy atom. The van der Waals surface area contributed by atoms with Crippen LogP contribution >= 0.6 is 0 Å². The second kappa shape index (κ2) is 3.76. The molecule has 14 heavy (non-hydrogen) atoms. The van der Waals surface area contributed by atoms with Crippen molar-refractivity contribution in [3.05, 3.63) is 41.7 Å². The second-order valence-corrected chi connectivity index (χ2v) is 3.47. The van der Waals surface area contributed by atoms with Crippen molar-refractivity contribution >= 4 is 10.8 Å². The van der Waals surface area contributed by atoms with Gasteiger partial charge in [-0.05, 0) is 30.5 Å². The zero-order valence-electron chi connectivity index (χ0n) is 8.33. The normalized spacial score (nSPS) is 10.7. The number of rotatable bonds is 2. The van der Waals surface area contributed by atoms with E-state index in [1.807, 2.05) is 6.20 Å². The molecule has 0 unspecified atom stereocenters. The molecule has 0 saturated heterocycles. The van der Waals surface area contributed by atoms with Crippen LogP contribution in [0.5, 0.6) is 0 Å². The molecule has 2 N–H and O–H groups in total. The third-order valence-corrected chi connectivity index (χ3v) is 2.49. The van der Waals surface area contributed by atoms with Crippen LogP contribution < -0.4 is 5.73 Å². The van der Waals surface area contributed by atoms with Gasteiger partial charge in [0.05, 0.1) is 0 Å². The van der Waals surface area contributed by atoms with E-state index in [0.29, 0.717) is 6.54 Å². The third-order valence-electron chi connectivity index (χ3n) is 2.49. The Bertz CT molecular complexity index is 449. The molecular formula is C12H14N2. The SMILES string of the molecule is Cc1cccc2c(CCN)nccc12. The maximum absolute atomic E-state index is 5.55. The number of hydrogen-bond donors (Lipinski definition) is 1. The highest BCUT2D eigenvalue weighted by Crippen LogP contribution is 2.20. The van der Waals surface area contributed by atoms with Gasteiger partial charge in [0, 0.05) is 23.7 Å². The van der Waals surface area contributed by atoms with Gasteiger partial charge in [-0.1, -0.05) is 18.2 Å². The number of aromatic nitrogens is 1. The minimum Gasteiger partial charge on any atom is -0.330 e. The molecule has 0 aliphatic carbocycles. The zero-order valence-corrected chi connectivity index (χ0v) is 8.33. The Morgan fingerprint density at radius 2 is 2.07 bits per heavy atom. The van der Waals surface area contributed by atoms with Crippen LogP contribution in [0.15, 0.2) is 30.5 Å². The molecule has 0 atom stereocenters. The lowest BCUT2D eigenvalue weighted by atomic mass is 10.0. The van der Waals surface area contributed by atoms with Gasteiger partial charge in [-0.15, -0.1) is 0 Å². The second-order valence-electron chi connectivity index (χ2n) is 3.47. The first kappa shape index (κ1) is 9.16. The first-order valence-corrected chi connectivity index (χ1v) is 4.86. The Balaban J connectivity index is 2.68. The maximum atomic E-state index is 5.55. The van der Waals surface area contributed by atoms with Crippen molar-refractivity contribution in [1.82, 2.24) is 4.98 Å². The fourth-order valence-electron chi connectivity index (χ4n) is 1.76. The summed E-state index contributed by atoms with van der Waals surface area (Å²) >= 11 is 0. The highest BCUT2D eigenvalue weighted by atomic mass is 14.7. The van der Waals surface area contributed by atoms with E-state index in [0.717, 1.165) is 12.1 Å². The molecule has 2 aromatic rings. The summed E-state index contributed by atoms with van der Waals surface area (Å²) in [7, 11) is 0. The van der Waals surface area contributed by atoms with Crippen LogP contribution in [0.4, 0.5) is 0 Å². The van der Waals surface area contributed by atoms with E-state index in [1.165, 1.54) is 16.3 Å². The molecule has 0 saturated carbocycles. The van der Waals surface area contributed by atoms with Crippen LogP contribution in [0.25, 0.3) is 10.8 Å². The number of nitrogens with zero attached hydrogens (tertiary/aromatic N) is 1. The summed E-state index contributed by atoms with van der Waals surface area (Å²) in [6.07, 6.45) is 2.71. The van der Waals surface area contributed by atoms with Crippen LogP contribution in [-0.4, -0.2) is 11.5 Å². The predicted molar refractivity (Wildman–Crippen MR) is 59.2 cm³/mol. The fraction of sp³-hybridized carbons (Fsp3) is 0.250. The third kappa shape index (κ3) is 1.49. The average Bonchev–Trinajstić information content (AvgIpc) is 2.20. The van der Waals surface area contributed by atoms with Crippen LogP contribution in [-0.2, 0) is 6.42 Å². The summed E-state index contributed by atoms with van der Waals surface area (Å²) in [4.78, 5) is 4.36. The number of hydrogen-bond acceptors (Lipinski definition) is 2. The Hall–Kier alpha value is -1.41. The summed E-state index contributed by atoms with van der Waals surface area (Å²) in [6, 6.07) is 8.36. The van der Waals surface area contributed by atoms with Gasteiger partial charge in [-0.3, -0.25) is 4.98 Å². The van der Waals surface area contributed by atoms with Crippen LogP contribution in [0.1, 0.15) is 11.3 Å². The minimum atomic E-state index is 0.653. The molecular weight excluding hydrogens is 172 g/mol. The van der Waals surface area contributed by atoms with E-state index in [4.69, 9.17) is 5.73 Å². The Morgan fingerprint density at radius 3 is 2.86 bits per heavy atom. The monoisotopic (exact) mass is 186 g/mol. The van der Waals surface area contributed by atoms with Crippen molar-refractivity contribution in [1.29, 1.82) is 0 Å². The smallest absolute Gasteiger partial charge is 0.0494 e. The molecule has 0 radical (unpaired) electrons. The lowest BCUT2D eigenvalue weighted by Crippen LogP contribution is -2.04. The number of benzene rings is 1. The molecule has 1 aromatic carbocycles. The molecule has 0 spiro atoms. The van der Waals surface area contributed by atoms with Gasteiger partial charge < -0.3 is 5.73 Å². The van der Waals surface area contributed by atoms with Crippen molar-refractivity contribution in [2.75, 3.05) is 6.54 Å². The standard InChI is InChI=1S/C12H14N2/c1-9-3-2-4-11-10(9)6-8-14-12(11)5-7-13/h2-4,6,8H,5,7,13H2,1H3. The highest BCUT2D eigenvalue weighted by molar-refractivity contribution is 5.87. The average molecular weight is 186 g/mol. The largest absolute Gasteiger partial charge is 0.330 e. The van der Waals surface area contributed by atoms with Crippen molar-refractivity contribution in [2.24, 2.45) is 5.73 Å². The molecule has 1 aromatic heterocycles. The van der Waals surface area contributed by atoms with Gasteiger partial charge in [0.25, 0.3) is 0 Å². The highest BCUT2D eigenvalue weighted by Gasteiger charge is 2.02. The van der Waals surface area contributed by atoms with E-state index in [2.05, 4.69) is 36.2 Å². The maximum Gasteiger partial charge on any atom is 0.0494 e. The quantitative estimate of drug-likeness (QED) is 0.779. The van der Waals surface area contributed by atoms with Crippen molar-refractivity contribution in [2.45, 2.75) is 13.3 Å². The van der Waals surface area contributed by atoms with E-state index in [-0.39, 0.29) is 0 Å². The van der Waals surface area contributed by atoms with Crippen LogP contribution in [0.2, 0.25) is 0 Å². The number of nitrogens with two attached hydrogens (primary N) is 1. The van der Waals surface area contributed by atoms with Crippen molar-refractivity contribution in [3.8, 4) is 0 Å². The lowest BCUT2D eigenvalue weighted by molar-refractivity contribution is 0.935. The molecule has 2 nitrogen and oxygen atoms in total.